The number of aromatic nitrogens is 1. The molecule has 2 aromatic rings. The molecule has 1 atom stereocenters. The SMILES string of the molecule is OC1CCCc2nc(Cc3ccc(Cl)cc3Cl)sc21. The Bertz CT molecular complexity index is 611. The molecule has 3 rings (SSSR count). The molecule has 0 saturated heterocycles. The van der Waals surface area contributed by atoms with Gasteiger partial charge in [0.05, 0.1) is 21.7 Å². The molecule has 1 aliphatic rings. The largest absolute Gasteiger partial charge is 0.388 e. The second-order valence-electron chi connectivity index (χ2n) is 4.74. The third kappa shape index (κ3) is 2.79. The third-order valence-electron chi connectivity index (χ3n) is 3.32. The number of halogens is 2. The van der Waals surface area contributed by atoms with E-state index in [2.05, 4.69) is 4.98 Å². The van der Waals surface area contributed by atoms with Crippen LogP contribution in [0.25, 0.3) is 0 Å². The number of hydrogen-bond acceptors (Lipinski definition) is 3. The first-order valence-electron chi connectivity index (χ1n) is 6.24. The van der Waals surface area contributed by atoms with Gasteiger partial charge >= 0.3 is 0 Å². The summed E-state index contributed by atoms with van der Waals surface area (Å²) in [5, 5.41) is 12.3. The third-order valence-corrected chi connectivity index (χ3v) is 5.11. The van der Waals surface area contributed by atoms with Gasteiger partial charge in [-0.05, 0) is 37.0 Å². The number of nitrogens with zero attached hydrogens (tertiary/aromatic N) is 1. The van der Waals surface area contributed by atoms with Crippen molar-refractivity contribution in [3.05, 3.63) is 49.4 Å². The highest BCUT2D eigenvalue weighted by Crippen LogP contribution is 2.35. The number of aryl methyl sites for hydroxylation is 1. The maximum Gasteiger partial charge on any atom is 0.0976 e. The standard InChI is InChI=1S/C14H13Cl2NOS/c15-9-5-4-8(10(16)7-9)6-13-17-11-2-1-3-12(18)14(11)19-13/h4-5,7,12,18H,1-3,6H2. The highest BCUT2D eigenvalue weighted by atomic mass is 35.5. The van der Waals surface area contributed by atoms with Crippen LogP contribution < -0.4 is 0 Å². The Morgan fingerprint density at radius 1 is 1.37 bits per heavy atom. The molecule has 19 heavy (non-hydrogen) atoms. The first-order chi connectivity index (χ1) is 9.13. The van der Waals surface area contributed by atoms with Gasteiger partial charge in [-0.3, -0.25) is 0 Å². The van der Waals surface area contributed by atoms with Crippen molar-refractivity contribution in [1.29, 1.82) is 0 Å². The summed E-state index contributed by atoms with van der Waals surface area (Å²) in [6.45, 7) is 0. The minimum Gasteiger partial charge on any atom is -0.388 e. The number of aliphatic hydroxyl groups is 1. The van der Waals surface area contributed by atoms with Gasteiger partial charge in [0, 0.05) is 16.5 Å². The zero-order valence-electron chi connectivity index (χ0n) is 10.2. The normalized spacial score (nSPS) is 18.4. The maximum absolute atomic E-state index is 9.96. The molecular formula is C14H13Cl2NOS. The van der Waals surface area contributed by atoms with Crippen molar-refractivity contribution in [2.45, 2.75) is 31.8 Å². The molecule has 0 saturated carbocycles. The van der Waals surface area contributed by atoms with Gasteiger partial charge in [-0.25, -0.2) is 4.98 Å². The van der Waals surface area contributed by atoms with Gasteiger partial charge in [-0.1, -0.05) is 29.3 Å². The lowest BCUT2D eigenvalue weighted by Gasteiger charge is -2.14. The summed E-state index contributed by atoms with van der Waals surface area (Å²) in [4.78, 5) is 5.66. The summed E-state index contributed by atoms with van der Waals surface area (Å²) in [7, 11) is 0. The lowest BCUT2D eigenvalue weighted by molar-refractivity contribution is 0.160. The molecular weight excluding hydrogens is 301 g/mol. The molecule has 1 N–H and O–H groups in total. The van der Waals surface area contributed by atoms with E-state index in [1.165, 1.54) is 0 Å². The van der Waals surface area contributed by atoms with Crippen molar-refractivity contribution < 1.29 is 5.11 Å². The van der Waals surface area contributed by atoms with Crippen molar-refractivity contribution in [2.75, 3.05) is 0 Å². The highest BCUT2D eigenvalue weighted by Gasteiger charge is 2.22. The van der Waals surface area contributed by atoms with Gasteiger partial charge in [0.25, 0.3) is 0 Å². The molecule has 100 valence electrons. The molecule has 1 aliphatic carbocycles. The Kier molecular flexibility index (Phi) is 3.81. The van der Waals surface area contributed by atoms with E-state index in [1.54, 1.807) is 17.4 Å². The Hall–Kier alpha value is -0.610. The first kappa shape index (κ1) is 13.4. The van der Waals surface area contributed by atoms with Crippen molar-refractivity contribution >= 4 is 34.5 Å². The number of fused-ring (bicyclic) bond motifs is 1. The summed E-state index contributed by atoms with van der Waals surface area (Å²) in [5.74, 6) is 0. The minimum absolute atomic E-state index is 0.337. The molecule has 0 fully saturated rings. The predicted octanol–water partition coefficient (Wildman–Crippen LogP) is 4.41. The zero-order valence-corrected chi connectivity index (χ0v) is 12.5. The van der Waals surface area contributed by atoms with Crippen LogP contribution in [0, 0.1) is 0 Å². The number of aliphatic hydroxyl groups excluding tert-OH is 1. The van der Waals surface area contributed by atoms with Crippen LogP contribution >= 0.6 is 34.5 Å². The molecule has 2 nitrogen and oxygen atoms in total. The van der Waals surface area contributed by atoms with E-state index in [1.807, 2.05) is 12.1 Å². The lowest BCUT2D eigenvalue weighted by Crippen LogP contribution is -2.06. The fraction of sp³-hybridized carbons (Fsp3) is 0.357. The van der Waals surface area contributed by atoms with Crippen LogP contribution in [-0.4, -0.2) is 10.1 Å². The van der Waals surface area contributed by atoms with E-state index in [4.69, 9.17) is 23.2 Å². The van der Waals surface area contributed by atoms with E-state index in [9.17, 15) is 5.11 Å². The van der Waals surface area contributed by atoms with Gasteiger partial charge in [-0.2, -0.15) is 0 Å². The fourth-order valence-electron chi connectivity index (χ4n) is 2.35. The van der Waals surface area contributed by atoms with Crippen LogP contribution in [-0.2, 0) is 12.8 Å². The van der Waals surface area contributed by atoms with Gasteiger partial charge in [0.15, 0.2) is 0 Å². The van der Waals surface area contributed by atoms with E-state index in [0.717, 1.165) is 40.4 Å². The van der Waals surface area contributed by atoms with E-state index in [0.29, 0.717) is 16.5 Å². The molecule has 1 unspecified atom stereocenters. The lowest BCUT2D eigenvalue weighted by atomic mass is 10.0. The average Bonchev–Trinajstić information content (AvgIpc) is 2.77. The summed E-state index contributed by atoms with van der Waals surface area (Å²) in [6, 6.07) is 5.52. The molecule has 1 aromatic carbocycles. The Morgan fingerprint density at radius 2 is 2.21 bits per heavy atom. The fourth-order valence-corrected chi connectivity index (χ4v) is 3.98. The smallest absolute Gasteiger partial charge is 0.0976 e. The summed E-state index contributed by atoms with van der Waals surface area (Å²) >= 11 is 13.7. The van der Waals surface area contributed by atoms with Crippen molar-refractivity contribution in [3.8, 4) is 0 Å². The second-order valence-corrected chi connectivity index (χ2v) is 6.70. The number of thiazole rings is 1. The topological polar surface area (TPSA) is 33.1 Å². The van der Waals surface area contributed by atoms with E-state index in [-0.39, 0.29) is 6.10 Å². The number of hydrogen-bond donors (Lipinski definition) is 1. The molecule has 0 aliphatic heterocycles. The van der Waals surface area contributed by atoms with Crippen LogP contribution in [0.1, 0.15) is 40.1 Å². The summed E-state index contributed by atoms with van der Waals surface area (Å²) in [5.41, 5.74) is 2.08. The van der Waals surface area contributed by atoms with Gasteiger partial charge in [-0.15, -0.1) is 11.3 Å². The Labute approximate surface area is 126 Å². The van der Waals surface area contributed by atoms with Gasteiger partial charge < -0.3 is 5.11 Å². The van der Waals surface area contributed by atoms with Crippen LogP contribution in [0.5, 0.6) is 0 Å². The van der Waals surface area contributed by atoms with Crippen molar-refractivity contribution in [1.82, 2.24) is 4.98 Å². The molecule has 1 aromatic heterocycles. The van der Waals surface area contributed by atoms with Crippen molar-refractivity contribution in [2.24, 2.45) is 0 Å². The molecule has 0 spiro atoms. The predicted molar refractivity (Wildman–Crippen MR) is 79.3 cm³/mol. The summed E-state index contributed by atoms with van der Waals surface area (Å²) < 4.78 is 0. The van der Waals surface area contributed by atoms with Crippen LogP contribution in [0.3, 0.4) is 0 Å². The van der Waals surface area contributed by atoms with Gasteiger partial charge in [0.2, 0.25) is 0 Å². The second kappa shape index (κ2) is 5.41. The summed E-state index contributed by atoms with van der Waals surface area (Å²) in [6.07, 6.45) is 3.18. The number of rotatable bonds is 2. The average molecular weight is 314 g/mol. The molecule has 0 radical (unpaired) electrons. The quantitative estimate of drug-likeness (QED) is 0.890. The van der Waals surface area contributed by atoms with Crippen molar-refractivity contribution in [3.63, 3.8) is 0 Å². The first-order valence-corrected chi connectivity index (χ1v) is 7.81. The number of benzene rings is 1. The van der Waals surface area contributed by atoms with Crippen LogP contribution in [0.4, 0.5) is 0 Å². The van der Waals surface area contributed by atoms with E-state index < -0.39 is 0 Å². The van der Waals surface area contributed by atoms with Crippen LogP contribution in [0.2, 0.25) is 10.0 Å². The maximum atomic E-state index is 9.96. The van der Waals surface area contributed by atoms with E-state index >= 15 is 0 Å². The molecule has 1 heterocycles. The van der Waals surface area contributed by atoms with Gasteiger partial charge in [0.1, 0.15) is 0 Å². The highest BCUT2D eigenvalue weighted by molar-refractivity contribution is 7.11. The monoisotopic (exact) mass is 313 g/mol. The zero-order chi connectivity index (χ0) is 13.4. The Balaban J connectivity index is 1.87. The molecule has 0 bridgehead atoms. The Morgan fingerprint density at radius 3 is 2.95 bits per heavy atom. The molecule has 5 heteroatoms. The molecule has 0 amide bonds. The minimum atomic E-state index is -0.337. The van der Waals surface area contributed by atoms with Crippen LogP contribution in [0.15, 0.2) is 18.2 Å².